The summed E-state index contributed by atoms with van der Waals surface area (Å²) in [6, 6.07) is 11.1. The number of ether oxygens (including phenoxy) is 2. The fourth-order valence-corrected chi connectivity index (χ4v) is 2.56. The Balaban J connectivity index is 1.91. The van der Waals surface area contributed by atoms with Crippen LogP contribution in [0.1, 0.15) is 23.6 Å². The molecule has 0 bridgehead atoms. The molecule has 5 nitrogen and oxygen atoms in total. The molecule has 2 N–H and O–H groups in total. The Bertz CT molecular complexity index is 691. The average Bonchev–Trinajstić information content (AvgIpc) is 2.53. The Morgan fingerprint density at radius 3 is 2.17 bits per heavy atom. The van der Waals surface area contributed by atoms with Crippen molar-refractivity contribution in [2.45, 2.75) is 27.7 Å². The van der Waals surface area contributed by atoms with Crippen LogP contribution < -0.4 is 20.1 Å². The van der Waals surface area contributed by atoms with Gasteiger partial charge < -0.3 is 20.1 Å². The first kappa shape index (κ1) is 17.7. The number of anilines is 1. The number of benzene rings is 2. The highest BCUT2D eigenvalue weighted by molar-refractivity contribution is 5.91. The smallest absolute Gasteiger partial charge is 0.321 e. The van der Waals surface area contributed by atoms with Crippen molar-refractivity contribution in [3.05, 3.63) is 53.1 Å². The molecule has 0 saturated heterocycles. The molecule has 0 spiro atoms. The van der Waals surface area contributed by atoms with E-state index in [4.69, 9.17) is 9.47 Å². The van der Waals surface area contributed by atoms with Gasteiger partial charge in [0.15, 0.2) is 18.2 Å². The van der Waals surface area contributed by atoms with E-state index >= 15 is 0 Å². The quantitative estimate of drug-likeness (QED) is 0.783. The van der Waals surface area contributed by atoms with Gasteiger partial charge in [-0.25, -0.2) is 4.79 Å². The number of hydrogen-bond donors (Lipinski definition) is 2. The van der Waals surface area contributed by atoms with Crippen LogP contribution in [0.4, 0.5) is 10.5 Å². The topological polar surface area (TPSA) is 59.6 Å². The van der Waals surface area contributed by atoms with Crippen LogP contribution in [-0.2, 0) is 0 Å². The largest absolute Gasteiger partial charge is 0.490 e. The van der Waals surface area contributed by atoms with Gasteiger partial charge in [-0.2, -0.15) is 0 Å². The van der Waals surface area contributed by atoms with Crippen LogP contribution in [0.5, 0.6) is 11.5 Å². The number of urea groups is 1. The molecule has 0 aromatic heterocycles. The van der Waals surface area contributed by atoms with Crippen LogP contribution in [0.15, 0.2) is 36.4 Å². The Morgan fingerprint density at radius 2 is 1.58 bits per heavy atom. The normalized spacial score (nSPS) is 10.2. The number of hydrogen-bond acceptors (Lipinski definition) is 3. The molecule has 24 heavy (non-hydrogen) atoms. The molecular weight excluding hydrogens is 304 g/mol. The van der Waals surface area contributed by atoms with Crippen molar-refractivity contribution in [3.63, 3.8) is 0 Å². The number of para-hydroxylation sites is 2. The zero-order valence-corrected chi connectivity index (χ0v) is 14.6. The number of carbonyl (C=O) groups excluding carboxylic acids is 1. The summed E-state index contributed by atoms with van der Waals surface area (Å²) in [6.45, 7) is 8.51. The first-order chi connectivity index (χ1) is 11.5. The summed E-state index contributed by atoms with van der Waals surface area (Å²) in [6.07, 6.45) is 0. The lowest BCUT2D eigenvalue weighted by molar-refractivity contribution is 0.229. The van der Waals surface area contributed by atoms with Gasteiger partial charge >= 0.3 is 6.03 Å². The highest BCUT2D eigenvalue weighted by Gasteiger charge is 2.09. The molecule has 0 saturated carbocycles. The van der Waals surface area contributed by atoms with Gasteiger partial charge in [0.2, 0.25) is 0 Å². The molecule has 2 rings (SSSR count). The van der Waals surface area contributed by atoms with Gasteiger partial charge in [-0.15, -0.1) is 0 Å². The summed E-state index contributed by atoms with van der Waals surface area (Å²) in [5.74, 6) is 1.26. The van der Waals surface area contributed by atoms with Crippen LogP contribution in [0.25, 0.3) is 0 Å². The third kappa shape index (κ3) is 4.65. The van der Waals surface area contributed by atoms with E-state index in [1.165, 1.54) is 5.56 Å². The minimum absolute atomic E-state index is 0.0554. The van der Waals surface area contributed by atoms with Crippen LogP contribution in [0, 0.1) is 20.8 Å². The molecule has 2 aromatic rings. The molecule has 0 heterocycles. The predicted molar refractivity (Wildman–Crippen MR) is 95.9 cm³/mol. The lowest BCUT2D eigenvalue weighted by atomic mass is 10.1. The third-order valence-corrected chi connectivity index (χ3v) is 3.52. The molecule has 0 aliphatic rings. The first-order valence-corrected chi connectivity index (χ1v) is 7.98. The van der Waals surface area contributed by atoms with Crippen LogP contribution in [0.2, 0.25) is 0 Å². The summed E-state index contributed by atoms with van der Waals surface area (Å²) in [4.78, 5) is 12.1. The van der Waals surface area contributed by atoms with E-state index in [-0.39, 0.29) is 12.8 Å². The maximum Gasteiger partial charge on any atom is 0.321 e. The van der Waals surface area contributed by atoms with E-state index in [0.29, 0.717) is 18.1 Å². The Hall–Kier alpha value is -2.69. The number of carbonyl (C=O) groups is 1. The van der Waals surface area contributed by atoms with Crippen molar-refractivity contribution in [2.24, 2.45) is 0 Å². The summed E-state index contributed by atoms with van der Waals surface area (Å²) in [5, 5.41) is 5.56. The Labute approximate surface area is 143 Å². The molecular formula is C19H24N2O3. The van der Waals surface area contributed by atoms with Crippen molar-refractivity contribution < 1.29 is 14.3 Å². The lowest BCUT2D eigenvalue weighted by Crippen LogP contribution is -2.32. The summed E-state index contributed by atoms with van der Waals surface area (Å²) >= 11 is 0. The predicted octanol–water partition coefficient (Wildman–Crippen LogP) is 4.17. The lowest BCUT2D eigenvalue weighted by Gasteiger charge is -2.15. The first-order valence-electron chi connectivity index (χ1n) is 7.98. The van der Waals surface area contributed by atoms with Crippen molar-refractivity contribution in [1.82, 2.24) is 5.32 Å². The highest BCUT2D eigenvalue weighted by atomic mass is 16.5. The average molecular weight is 328 g/mol. The number of nitrogens with one attached hydrogen (secondary N) is 2. The number of aryl methyl sites for hydroxylation is 3. The van der Waals surface area contributed by atoms with Gasteiger partial charge in [-0.3, -0.25) is 0 Å². The number of amides is 2. The minimum Gasteiger partial charge on any atom is -0.490 e. The van der Waals surface area contributed by atoms with Crippen molar-refractivity contribution >= 4 is 11.7 Å². The molecule has 0 unspecified atom stereocenters. The van der Waals surface area contributed by atoms with E-state index in [9.17, 15) is 4.79 Å². The van der Waals surface area contributed by atoms with Gasteiger partial charge in [0, 0.05) is 5.69 Å². The second-order valence-electron chi connectivity index (χ2n) is 5.57. The summed E-state index contributed by atoms with van der Waals surface area (Å²) in [7, 11) is 0. The molecule has 0 radical (unpaired) electrons. The molecule has 0 fully saturated rings. The zero-order valence-electron chi connectivity index (χ0n) is 14.6. The van der Waals surface area contributed by atoms with E-state index < -0.39 is 0 Å². The zero-order chi connectivity index (χ0) is 17.5. The molecule has 5 heteroatoms. The molecule has 2 amide bonds. The van der Waals surface area contributed by atoms with Gasteiger partial charge in [-0.1, -0.05) is 29.8 Å². The second-order valence-corrected chi connectivity index (χ2v) is 5.57. The van der Waals surface area contributed by atoms with Crippen LogP contribution >= 0.6 is 0 Å². The van der Waals surface area contributed by atoms with E-state index in [0.717, 1.165) is 16.8 Å². The minimum atomic E-state index is -0.307. The monoisotopic (exact) mass is 328 g/mol. The molecule has 0 aliphatic heterocycles. The Kier molecular flexibility index (Phi) is 6.07. The van der Waals surface area contributed by atoms with Crippen molar-refractivity contribution in [2.75, 3.05) is 18.7 Å². The maximum atomic E-state index is 12.1. The van der Waals surface area contributed by atoms with E-state index in [1.54, 1.807) is 6.07 Å². The van der Waals surface area contributed by atoms with Gasteiger partial charge in [0.1, 0.15) is 0 Å². The standard InChI is InChI=1S/C19H24N2O3/c1-5-23-16-8-6-7-9-17(16)24-12-20-19(22)21-18-14(3)10-13(2)11-15(18)4/h6-11H,5,12H2,1-4H3,(H2,20,21,22). The Morgan fingerprint density at radius 1 is 1.00 bits per heavy atom. The van der Waals surface area contributed by atoms with Crippen molar-refractivity contribution in [3.8, 4) is 11.5 Å². The fourth-order valence-electron chi connectivity index (χ4n) is 2.56. The van der Waals surface area contributed by atoms with Gasteiger partial charge in [0.05, 0.1) is 6.61 Å². The molecule has 0 atom stereocenters. The fraction of sp³-hybridized carbons (Fsp3) is 0.316. The SMILES string of the molecule is CCOc1ccccc1OCNC(=O)Nc1c(C)cc(C)cc1C. The highest BCUT2D eigenvalue weighted by Crippen LogP contribution is 2.26. The third-order valence-electron chi connectivity index (χ3n) is 3.52. The van der Waals surface area contributed by atoms with E-state index in [2.05, 4.69) is 10.6 Å². The second kappa shape index (κ2) is 8.24. The maximum absolute atomic E-state index is 12.1. The molecule has 2 aromatic carbocycles. The van der Waals surface area contributed by atoms with Crippen LogP contribution in [-0.4, -0.2) is 19.4 Å². The molecule has 128 valence electrons. The molecule has 0 aliphatic carbocycles. The van der Waals surface area contributed by atoms with Crippen LogP contribution in [0.3, 0.4) is 0 Å². The van der Waals surface area contributed by atoms with E-state index in [1.807, 2.05) is 58.0 Å². The number of rotatable bonds is 6. The van der Waals surface area contributed by atoms with Crippen molar-refractivity contribution in [1.29, 1.82) is 0 Å². The van der Waals surface area contributed by atoms with Gasteiger partial charge in [0.25, 0.3) is 0 Å². The summed E-state index contributed by atoms with van der Waals surface area (Å²) < 4.78 is 11.1. The summed E-state index contributed by atoms with van der Waals surface area (Å²) in [5.41, 5.74) is 4.06. The van der Waals surface area contributed by atoms with Gasteiger partial charge in [-0.05, 0) is 51.0 Å².